The summed E-state index contributed by atoms with van der Waals surface area (Å²) in [5.41, 5.74) is 0.347. The lowest BCUT2D eigenvalue weighted by molar-refractivity contribution is 0.556. The Morgan fingerprint density at radius 2 is 1.96 bits per heavy atom. The van der Waals surface area contributed by atoms with Crippen molar-refractivity contribution in [3.8, 4) is 0 Å². The van der Waals surface area contributed by atoms with E-state index in [1.807, 2.05) is 6.92 Å². The summed E-state index contributed by atoms with van der Waals surface area (Å²) in [6.07, 6.45) is 2.02. The van der Waals surface area contributed by atoms with Gasteiger partial charge in [0, 0.05) is 6.04 Å². The van der Waals surface area contributed by atoms with Crippen molar-refractivity contribution in [1.82, 2.24) is 14.7 Å². The van der Waals surface area contributed by atoms with E-state index in [1.54, 1.807) is 25.1 Å². The first kappa shape index (κ1) is 17.9. The smallest absolute Gasteiger partial charge is 0.242 e. The molecule has 0 saturated heterocycles. The van der Waals surface area contributed by atoms with Gasteiger partial charge in [-0.1, -0.05) is 30.7 Å². The first-order valence-corrected chi connectivity index (χ1v) is 9.14. The minimum Gasteiger partial charge on any atom is -0.338 e. The molecule has 1 aromatic heterocycles. The average Bonchev–Trinajstić information content (AvgIpc) is 2.51. The predicted molar refractivity (Wildman–Crippen MR) is 91.9 cm³/mol. The van der Waals surface area contributed by atoms with E-state index in [0.29, 0.717) is 12.1 Å². The van der Waals surface area contributed by atoms with Crippen LogP contribution in [-0.4, -0.2) is 24.4 Å². The summed E-state index contributed by atoms with van der Waals surface area (Å²) in [5.74, 6) is 0.234. The lowest BCUT2D eigenvalue weighted by atomic mass is 10.3. The molecule has 1 aromatic carbocycles. The van der Waals surface area contributed by atoms with Crippen molar-refractivity contribution in [2.45, 2.75) is 31.2 Å². The zero-order chi connectivity index (χ0) is 17.0. The highest BCUT2D eigenvalue weighted by molar-refractivity contribution is 7.89. The van der Waals surface area contributed by atoms with Gasteiger partial charge in [-0.05, 0) is 37.1 Å². The zero-order valence-corrected chi connectivity index (χ0v) is 14.9. The van der Waals surface area contributed by atoms with Gasteiger partial charge in [0.15, 0.2) is 5.82 Å². The molecule has 0 spiro atoms. The Balaban J connectivity index is 2.40. The number of rotatable bonds is 6. The number of hydrogen-bond acceptors (Lipinski definition) is 5. The molecule has 1 heterocycles. The van der Waals surface area contributed by atoms with E-state index in [1.165, 1.54) is 12.3 Å². The van der Waals surface area contributed by atoms with Crippen LogP contribution in [0.5, 0.6) is 0 Å². The van der Waals surface area contributed by atoms with Crippen LogP contribution in [-0.2, 0) is 10.0 Å². The van der Waals surface area contributed by atoms with Crippen LogP contribution < -0.4 is 10.0 Å². The second-order valence-corrected chi connectivity index (χ2v) is 7.31. The lowest BCUT2D eigenvalue weighted by Crippen LogP contribution is -2.32. The Labute approximate surface area is 145 Å². The third-order valence-corrected chi connectivity index (χ3v) is 5.22. The van der Waals surface area contributed by atoms with Gasteiger partial charge in [0.2, 0.25) is 15.3 Å². The van der Waals surface area contributed by atoms with Crippen molar-refractivity contribution >= 4 is 44.7 Å². The van der Waals surface area contributed by atoms with Crippen LogP contribution in [0.15, 0.2) is 35.4 Å². The minimum absolute atomic E-state index is 0.00923. The number of aromatic nitrogens is 2. The average molecular weight is 375 g/mol. The fourth-order valence-electron chi connectivity index (χ4n) is 1.78. The Kier molecular flexibility index (Phi) is 5.80. The second-order valence-electron chi connectivity index (χ2n) is 4.89. The number of nitrogens with one attached hydrogen (secondary N) is 2. The number of benzene rings is 1. The number of para-hydroxylation sites is 1. The maximum atomic E-state index is 12.5. The topological polar surface area (TPSA) is 84.0 Å². The Morgan fingerprint density at radius 3 is 2.65 bits per heavy atom. The van der Waals surface area contributed by atoms with E-state index in [0.717, 1.165) is 0 Å². The third-order valence-electron chi connectivity index (χ3n) is 3.11. The molecular weight excluding hydrogens is 359 g/mol. The third kappa shape index (κ3) is 4.54. The minimum atomic E-state index is -3.68. The summed E-state index contributed by atoms with van der Waals surface area (Å²) in [6, 6.07) is 6.30. The normalized spacial score (nSPS) is 12.9. The van der Waals surface area contributed by atoms with Gasteiger partial charge >= 0.3 is 0 Å². The van der Waals surface area contributed by atoms with Gasteiger partial charge in [-0.15, -0.1) is 0 Å². The van der Waals surface area contributed by atoms with Gasteiger partial charge in [-0.3, -0.25) is 0 Å². The maximum absolute atomic E-state index is 12.5. The molecule has 0 saturated carbocycles. The Morgan fingerprint density at radius 1 is 1.26 bits per heavy atom. The standard InChI is InChI=1S/C14H16Cl2N4O2S/c1-3-9(2)20-23(21,22)12-7-5-4-6-11(12)18-13-10(15)8-17-14(16)19-13/h4-9,20H,3H2,1-2H3,(H,17,18,19). The molecule has 0 amide bonds. The summed E-state index contributed by atoms with van der Waals surface area (Å²) in [5, 5.41) is 3.13. The van der Waals surface area contributed by atoms with E-state index in [9.17, 15) is 8.42 Å². The zero-order valence-electron chi connectivity index (χ0n) is 12.5. The van der Waals surface area contributed by atoms with E-state index in [-0.39, 0.29) is 27.1 Å². The van der Waals surface area contributed by atoms with E-state index in [4.69, 9.17) is 23.2 Å². The molecule has 0 bridgehead atoms. The van der Waals surface area contributed by atoms with Crippen LogP contribution in [0, 0.1) is 0 Å². The van der Waals surface area contributed by atoms with Crippen molar-refractivity contribution < 1.29 is 8.42 Å². The van der Waals surface area contributed by atoms with Crippen molar-refractivity contribution in [3.05, 3.63) is 40.8 Å². The van der Waals surface area contributed by atoms with Crippen LogP contribution in [0.2, 0.25) is 10.3 Å². The molecule has 0 aliphatic heterocycles. The van der Waals surface area contributed by atoms with Crippen LogP contribution >= 0.6 is 23.2 Å². The SMILES string of the molecule is CCC(C)NS(=O)(=O)c1ccccc1Nc1nc(Cl)ncc1Cl. The van der Waals surface area contributed by atoms with Crippen molar-refractivity contribution in [2.24, 2.45) is 0 Å². The van der Waals surface area contributed by atoms with Crippen molar-refractivity contribution in [2.75, 3.05) is 5.32 Å². The summed E-state index contributed by atoms with van der Waals surface area (Å²) in [4.78, 5) is 7.82. The van der Waals surface area contributed by atoms with E-state index in [2.05, 4.69) is 20.0 Å². The summed E-state index contributed by atoms with van der Waals surface area (Å²) in [6.45, 7) is 3.70. The molecule has 124 valence electrons. The number of halogens is 2. The number of hydrogen-bond donors (Lipinski definition) is 2. The van der Waals surface area contributed by atoms with Crippen LogP contribution in [0.4, 0.5) is 11.5 Å². The van der Waals surface area contributed by atoms with E-state index < -0.39 is 10.0 Å². The van der Waals surface area contributed by atoms with Gasteiger partial charge in [-0.25, -0.2) is 18.1 Å². The Hall–Kier alpha value is -1.41. The predicted octanol–water partition coefficient (Wildman–Crippen LogP) is 3.60. The quantitative estimate of drug-likeness (QED) is 0.754. The molecule has 0 aliphatic carbocycles. The molecule has 6 nitrogen and oxygen atoms in total. The molecule has 0 aliphatic rings. The molecule has 0 fully saturated rings. The van der Waals surface area contributed by atoms with Crippen molar-refractivity contribution in [1.29, 1.82) is 0 Å². The highest BCUT2D eigenvalue weighted by atomic mass is 35.5. The van der Waals surface area contributed by atoms with Crippen LogP contribution in [0.25, 0.3) is 0 Å². The monoisotopic (exact) mass is 374 g/mol. The molecule has 1 atom stereocenters. The Bertz CT molecular complexity index is 799. The number of sulfonamides is 1. The summed E-state index contributed by atoms with van der Waals surface area (Å²) in [7, 11) is -3.68. The molecule has 2 aromatic rings. The van der Waals surface area contributed by atoms with Gasteiger partial charge < -0.3 is 5.32 Å². The van der Waals surface area contributed by atoms with Crippen molar-refractivity contribution in [3.63, 3.8) is 0 Å². The second kappa shape index (κ2) is 7.44. The molecule has 23 heavy (non-hydrogen) atoms. The fraction of sp³-hybridized carbons (Fsp3) is 0.286. The van der Waals surface area contributed by atoms with E-state index >= 15 is 0 Å². The fourth-order valence-corrected chi connectivity index (χ4v) is 3.54. The van der Waals surface area contributed by atoms with Gasteiger partial charge in [0.25, 0.3) is 0 Å². The van der Waals surface area contributed by atoms with Gasteiger partial charge in [0.1, 0.15) is 9.92 Å². The van der Waals surface area contributed by atoms with Crippen LogP contribution in [0.1, 0.15) is 20.3 Å². The van der Waals surface area contributed by atoms with Gasteiger partial charge in [-0.2, -0.15) is 4.98 Å². The molecular formula is C14H16Cl2N4O2S. The highest BCUT2D eigenvalue weighted by Crippen LogP contribution is 2.28. The van der Waals surface area contributed by atoms with Crippen LogP contribution in [0.3, 0.4) is 0 Å². The lowest BCUT2D eigenvalue weighted by Gasteiger charge is -2.16. The molecule has 2 N–H and O–H groups in total. The largest absolute Gasteiger partial charge is 0.338 e. The number of nitrogens with zero attached hydrogens (tertiary/aromatic N) is 2. The summed E-state index contributed by atoms with van der Waals surface area (Å²) < 4.78 is 27.7. The molecule has 0 radical (unpaired) electrons. The first-order valence-electron chi connectivity index (χ1n) is 6.90. The first-order chi connectivity index (χ1) is 10.8. The highest BCUT2D eigenvalue weighted by Gasteiger charge is 2.20. The molecule has 2 rings (SSSR count). The maximum Gasteiger partial charge on any atom is 0.242 e. The van der Waals surface area contributed by atoms with Gasteiger partial charge in [0.05, 0.1) is 11.9 Å². The molecule has 1 unspecified atom stereocenters. The molecule has 9 heteroatoms. The number of anilines is 2. The summed E-state index contributed by atoms with van der Waals surface area (Å²) >= 11 is 11.8.